The summed E-state index contributed by atoms with van der Waals surface area (Å²) < 4.78 is 3.29. The minimum absolute atomic E-state index is 0.144. The first-order valence-corrected chi connectivity index (χ1v) is 9.14. The first kappa shape index (κ1) is 18.4. The van der Waals surface area contributed by atoms with E-state index in [1.54, 1.807) is 28.4 Å². The molecule has 1 atom stereocenters. The number of aromatic nitrogens is 6. The first-order chi connectivity index (χ1) is 12.4. The van der Waals surface area contributed by atoms with Crippen molar-refractivity contribution in [1.29, 1.82) is 0 Å². The lowest BCUT2D eigenvalue weighted by Crippen LogP contribution is -2.23. The fourth-order valence-corrected chi connectivity index (χ4v) is 3.41. The third-order valence-corrected chi connectivity index (χ3v) is 5.17. The van der Waals surface area contributed by atoms with Crippen molar-refractivity contribution in [2.75, 3.05) is 5.32 Å². The van der Waals surface area contributed by atoms with Gasteiger partial charge in [-0.2, -0.15) is 9.78 Å². The molecular formula is C16H18ClN7OS. The second kappa shape index (κ2) is 7.46. The minimum atomic E-state index is -0.405. The molecule has 3 aromatic rings. The predicted molar refractivity (Wildman–Crippen MR) is 101 cm³/mol. The summed E-state index contributed by atoms with van der Waals surface area (Å²) in [6, 6.07) is 7.20. The zero-order valence-corrected chi connectivity index (χ0v) is 16.3. The number of carbonyl (C=O) groups excluding carboxylic acids is 1. The zero-order valence-electron chi connectivity index (χ0n) is 14.8. The SMILES string of the molecule is Cc1nn(C)c(C)c1NC(=O)[C@H](C)Sc1nnnn1-c1cccc(Cl)c1. The van der Waals surface area contributed by atoms with Gasteiger partial charge in [-0.3, -0.25) is 9.48 Å². The van der Waals surface area contributed by atoms with E-state index in [0.29, 0.717) is 10.2 Å². The normalized spacial score (nSPS) is 12.2. The predicted octanol–water partition coefficient (Wildman–Crippen LogP) is 2.79. The average molecular weight is 392 g/mol. The van der Waals surface area contributed by atoms with Gasteiger partial charge >= 0.3 is 0 Å². The van der Waals surface area contributed by atoms with E-state index in [-0.39, 0.29) is 5.91 Å². The monoisotopic (exact) mass is 391 g/mol. The molecule has 0 saturated heterocycles. The van der Waals surface area contributed by atoms with Gasteiger partial charge in [-0.1, -0.05) is 29.4 Å². The van der Waals surface area contributed by atoms with Crippen LogP contribution in [0.1, 0.15) is 18.3 Å². The molecule has 0 radical (unpaired) electrons. The van der Waals surface area contributed by atoms with Gasteiger partial charge in [-0.15, -0.1) is 5.10 Å². The molecule has 0 aliphatic rings. The Kier molecular flexibility index (Phi) is 5.28. The van der Waals surface area contributed by atoms with Crippen LogP contribution < -0.4 is 5.32 Å². The fourth-order valence-electron chi connectivity index (χ4n) is 2.41. The highest BCUT2D eigenvalue weighted by atomic mass is 35.5. The van der Waals surface area contributed by atoms with Crippen molar-refractivity contribution in [1.82, 2.24) is 30.0 Å². The molecule has 10 heteroatoms. The molecule has 8 nitrogen and oxygen atoms in total. The number of carbonyl (C=O) groups is 1. The maximum atomic E-state index is 12.6. The van der Waals surface area contributed by atoms with Gasteiger partial charge in [0.15, 0.2) is 0 Å². The molecule has 0 bridgehead atoms. The average Bonchev–Trinajstić information content (AvgIpc) is 3.15. The molecule has 0 saturated carbocycles. The maximum absolute atomic E-state index is 12.6. The number of tetrazole rings is 1. The number of rotatable bonds is 5. The van der Waals surface area contributed by atoms with Gasteiger partial charge in [0, 0.05) is 12.1 Å². The van der Waals surface area contributed by atoms with Crippen LogP contribution in [0, 0.1) is 13.8 Å². The lowest BCUT2D eigenvalue weighted by molar-refractivity contribution is -0.115. The highest BCUT2D eigenvalue weighted by Gasteiger charge is 2.21. The molecule has 1 N–H and O–H groups in total. The molecule has 2 heterocycles. The molecule has 1 amide bonds. The van der Waals surface area contributed by atoms with Gasteiger partial charge in [-0.05, 0) is 49.4 Å². The quantitative estimate of drug-likeness (QED) is 0.672. The van der Waals surface area contributed by atoms with Crippen molar-refractivity contribution in [2.45, 2.75) is 31.2 Å². The van der Waals surface area contributed by atoms with E-state index >= 15 is 0 Å². The second-order valence-corrected chi connectivity index (χ2v) is 7.52. The van der Waals surface area contributed by atoms with E-state index in [1.165, 1.54) is 11.8 Å². The molecule has 3 rings (SSSR count). The van der Waals surface area contributed by atoms with Crippen molar-refractivity contribution in [3.05, 3.63) is 40.7 Å². The second-order valence-electron chi connectivity index (χ2n) is 5.77. The van der Waals surface area contributed by atoms with Crippen LogP contribution in [-0.4, -0.2) is 41.1 Å². The van der Waals surface area contributed by atoms with E-state index in [2.05, 4.69) is 25.9 Å². The molecular weight excluding hydrogens is 374 g/mol. The summed E-state index contributed by atoms with van der Waals surface area (Å²) in [6.07, 6.45) is 0. The van der Waals surface area contributed by atoms with E-state index in [1.807, 2.05) is 33.0 Å². The summed E-state index contributed by atoms with van der Waals surface area (Å²) >= 11 is 7.30. The van der Waals surface area contributed by atoms with E-state index in [0.717, 1.165) is 22.8 Å². The summed E-state index contributed by atoms with van der Waals surface area (Å²) in [6.45, 7) is 5.57. The van der Waals surface area contributed by atoms with Gasteiger partial charge in [0.1, 0.15) is 0 Å². The summed E-state index contributed by atoms with van der Waals surface area (Å²) in [5, 5.41) is 19.6. The van der Waals surface area contributed by atoms with Crippen LogP contribution in [0.3, 0.4) is 0 Å². The molecule has 26 heavy (non-hydrogen) atoms. The topological polar surface area (TPSA) is 90.5 Å². The van der Waals surface area contributed by atoms with Crippen LogP contribution in [0.15, 0.2) is 29.4 Å². The van der Waals surface area contributed by atoms with Crippen molar-refractivity contribution < 1.29 is 4.79 Å². The molecule has 0 fully saturated rings. The molecule has 1 aromatic carbocycles. The number of hydrogen-bond acceptors (Lipinski definition) is 6. The number of halogens is 1. The number of nitrogens with one attached hydrogen (secondary N) is 1. The Balaban J connectivity index is 1.75. The van der Waals surface area contributed by atoms with Gasteiger partial charge < -0.3 is 5.32 Å². The van der Waals surface area contributed by atoms with Gasteiger partial charge in [-0.25, -0.2) is 0 Å². The summed E-state index contributed by atoms with van der Waals surface area (Å²) in [7, 11) is 1.84. The van der Waals surface area contributed by atoms with Crippen LogP contribution in [0.4, 0.5) is 5.69 Å². The summed E-state index contributed by atoms with van der Waals surface area (Å²) in [5.41, 5.74) is 3.15. The Hall–Kier alpha value is -2.39. The number of aryl methyl sites for hydroxylation is 2. The van der Waals surface area contributed by atoms with E-state index in [4.69, 9.17) is 11.6 Å². The van der Waals surface area contributed by atoms with E-state index < -0.39 is 5.25 Å². The Morgan fingerprint density at radius 1 is 1.35 bits per heavy atom. The standard InChI is InChI=1S/C16H18ClN7OS/c1-9-14(10(2)23(4)20-9)18-15(25)11(3)26-16-19-21-22-24(16)13-7-5-6-12(17)8-13/h5-8,11H,1-4H3,(H,18,25)/t11-/m0/s1. The van der Waals surface area contributed by atoms with Crippen LogP contribution >= 0.6 is 23.4 Å². The molecule has 2 aromatic heterocycles. The first-order valence-electron chi connectivity index (χ1n) is 7.89. The van der Waals surface area contributed by atoms with Crippen LogP contribution in [0.2, 0.25) is 5.02 Å². The van der Waals surface area contributed by atoms with Crippen molar-refractivity contribution in [2.24, 2.45) is 7.05 Å². The summed E-state index contributed by atoms with van der Waals surface area (Å²) in [4.78, 5) is 12.6. The molecule has 0 aliphatic heterocycles. The number of thioether (sulfide) groups is 1. The largest absolute Gasteiger partial charge is 0.322 e. The van der Waals surface area contributed by atoms with Crippen LogP contribution in [-0.2, 0) is 11.8 Å². The lowest BCUT2D eigenvalue weighted by atomic mass is 10.3. The lowest BCUT2D eigenvalue weighted by Gasteiger charge is -2.12. The molecule has 136 valence electrons. The van der Waals surface area contributed by atoms with Crippen LogP contribution in [0.5, 0.6) is 0 Å². The molecule has 0 spiro atoms. The van der Waals surface area contributed by atoms with Crippen molar-refractivity contribution in [3.63, 3.8) is 0 Å². The number of benzene rings is 1. The smallest absolute Gasteiger partial charge is 0.237 e. The zero-order chi connectivity index (χ0) is 18.8. The Morgan fingerprint density at radius 2 is 2.12 bits per heavy atom. The summed E-state index contributed by atoms with van der Waals surface area (Å²) in [5.74, 6) is -0.144. The molecule has 0 unspecified atom stereocenters. The molecule has 0 aliphatic carbocycles. The Labute approximate surface area is 159 Å². The fraction of sp³-hybridized carbons (Fsp3) is 0.312. The Bertz CT molecular complexity index is 952. The maximum Gasteiger partial charge on any atom is 0.237 e. The van der Waals surface area contributed by atoms with Crippen molar-refractivity contribution in [3.8, 4) is 5.69 Å². The number of hydrogen-bond donors (Lipinski definition) is 1. The van der Waals surface area contributed by atoms with Gasteiger partial charge in [0.2, 0.25) is 11.1 Å². The van der Waals surface area contributed by atoms with Gasteiger partial charge in [0.25, 0.3) is 0 Å². The number of amides is 1. The third kappa shape index (κ3) is 3.73. The van der Waals surface area contributed by atoms with Crippen molar-refractivity contribution >= 4 is 35.0 Å². The van der Waals surface area contributed by atoms with Crippen LogP contribution in [0.25, 0.3) is 5.69 Å². The van der Waals surface area contributed by atoms with Gasteiger partial charge in [0.05, 0.1) is 28.0 Å². The number of anilines is 1. The van der Waals surface area contributed by atoms with E-state index in [9.17, 15) is 4.79 Å². The third-order valence-electron chi connectivity index (χ3n) is 3.90. The Morgan fingerprint density at radius 3 is 2.77 bits per heavy atom. The number of nitrogens with zero attached hydrogens (tertiary/aromatic N) is 6. The highest BCUT2D eigenvalue weighted by molar-refractivity contribution is 8.00. The minimum Gasteiger partial charge on any atom is -0.322 e. The highest BCUT2D eigenvalue weighted by Crippen LogP contribution is 2.26.